The van der Waals surface area contributed by atoms with Gasteiger partial charge in [0.05, 0.1) is 26.0 Å². The average Bonchev–Trinajstić information content (AvgIpc) is 2.48. The Morgan fingerprint density at radius 3 is 2.00 bits per heavy atom. The number of benzene rings is 2. The number of hydrogen-bond donors (Lipinski definition) is 1. The van der Waals surface area contributed by atoms with E-state index < -0.39 is 24.8 Å². The molecule has 2 rings (SSSR count). The van der Waals surface area contributed by atoms with Gasteiger partial charge in [0.1, 0.15) is 0 Å². The highest BCUT2D eigenvalue weighted by atomic mass is 32.2. The Morgan fingerprint density at radius 2 is 1.50 bits per heavy atom. The SMILES string of the molecule is Cc1c(NS(=O)(=O)c2ccc(S(C)(=O)=O)cc2)cccc1[N+](=O)[O-]. The summed E-state index contributed by atoms with van der Waals surface area (Å²) in [5.41, 5.74) is 0.0536. The summed E-state index contributed by atoms with van der Waals surface area (Å²) in [6.45, 7) is 1.43. The molecule has 0 aliphatic carbocycles. The second-order valence-electron chi connectivity index (χ2n) is 5.06. The Balaban J connectivity index is 2.39. The zero-order valence-corrected chi connectivity index (χ0v) is 14.4. The highest BCUT2D eigenvalue weighted by Gasteiger charge is 2.20. The van der Waals surface area contributed by atoms with Crippen LogP contribution in [0, 0.1) is 17.0 Å². The zero-order chi connectivity index (χ0) is 18.1. The third kappa shape index (κ3) is 3.71. The first kappa shape index (κ1) is 17.9. The Kier molecular flexibility index (Phi) is 4.63. The predicted octanol–water partition coefficient (Wildman–Crippen LogP) is 2.11. The van der Waals surface area contributed by atoms with Gasteiger partial charge in [-0.2, -0.15) is 0 Å². The molecule has 0 aromatic heterocycles. The number of sulfone groups is 1. The number of hydrogen-bond acceptors (Lipinski definition) is 6. The highest BCUT2D eigenvalue weighted by Crippen LogP contribution is 2.27. The van der Waals surface area contributed by atoms with Crippen LogP contribution < -0.4 is 4.72 Å². The van der Waals surface area contributed by atoms with E-state index in [9.17, 15) is 26.9 Å². The largest absolute Gasteiger partial charge is 0.279 e. The molecule has 8 nitrogen and oxygen atoms in total. The van der Waals surface area contributed by atoms with Crippen LogP contribution in [0.25, 0.3) is 0 Å². The minimum absolute atomic E-state index is 0.00650. The maximum Gasteiger partial charge on any atom is 0.274 e. The summed E-state index contributed by atoms with van der Waals surface area (Å²) >= 11 is 0. The number of nitro benzene ring substituents is 1. The smallest absolute Gasteiger partial charge is 0.274 e. The van der Waals surface area contributed by atoms with E-state index in [1.54, 1.807) is 0 Å². The zero-order valence-electron chi connectivity index (χ0n) is 12.8. The summed E-state index contributed by atoms with van der Waals surface area (Å²) in [6, 6.07) is 8.74. The van der Waals surface area contributed by atoms with Crippen molar-refractivity contribution in [2.75, 3.05) is 11.0 Å². The summed E-state index contributed by atoms with van der Waals surface area (Å²) in [4.78, 5) is 10.2. The summed E-state index contributed by atoms with van der Waals surface area (Å²) in [5, 5.41) is 10.9. The van der Waals surface area contributed by atoms with Crippen LogP contribution in [0.2, 0.25) is 0 Å². The molecule has 0 saturated carbocycles. The fourth-order valence-corrected chi connectivity index (χ4v) is 3.75. The fourth-order valence-electron chi connectivity index (χ4n) is 2.00. The maximum atomic E-state index is 12.4. The van der Waals surface area contributed by atoms with Crippen molar-refractivity contribution in [1.82, 2.24) is 0 Å². The van der Waals surface area contributed by atoms with Crippen LogP contribution in [0.4, 0.5) is 11.4 Å². The van der Waals surface area contributed by atoms with Crippen molar-refractivity contribution in [1.29, 1.82) is 0 Å². The van der Waals surface area contributed by atoms with Crippen molar-refractivity contribution >= 4 is 31.2 Å². The molecule has 10 heteroatoms. The van der Waals surface area contributed by atoms with Crippen LogP contribution >= 0.6 is 0 Å². The van der Waals surface area contributed by atoms with E-state index in [4.69, 9.17) is 0 Å². The molecule has 1 N–H and O–H groups in total. The molecule has 0 saturated heterocycles. The standard InChI is InChI=1S/C14H14N2O6S2/c1-10-13(4-3-5-14(10)16(17)18)15-24(21,22)12-8-6-11(7-9-12)23(2,19)20/h3-9,15H,1-2H3. The number of nitrogens with one attached hydrogen (secondary N) is 1. The van der Waals surface area contributed by atoms with E-state index in [1.165, 1.54) is 37.3 Å². The van der Waals surface area contributed by atoms with Crippen molar-refractivity contribution < 1.29 is 21.8 Å². The fraction of sp³-hybridized carbons (Fsp3) is 0.143. The van der Waals surface area contributed by atoms with Gasteiger partial charge in [-0.1, -0.05) is 6.07 Å². The number of nitrogens with zero attached hydrogens (tertiary/aromatic N) is 1. The molecule has 24 heavy (non-hydrogen) atoms. The monoisotopic (exact) mass is 370 g/mol. The first-order chi connectivity index (χ1) is 11.0. The van der Waals surface area contributed by atoms with Crippen molar-refractivity contribution in [2.45, 2.75) is 16.7 Å². The predicted molar refractivity (Wildman–Crippen MR) is 88.2 cm³/mol. The lowest BCUT2D eigenvalue weighted by atomic mass is 10.2. The third-order valence-corrected chi connectivity index (χ3v) is 5.82. The summed E-state index contributed by atoms with van der Waals surface area (Å²) in [7, 11) is -7.44. The van der Waals surface area contributed by atoms with Crippen molar-refractivity contribution in [3.8, 4) is 0 Å². The van der Waals surface area contributed by atoms with Crippen molar-refractivity contribution in [2.24, 2.45) is 0 Å². The lowest BCUT2D eigenvalue weighted by Gasteiger charge is -2.11. The maximum absolute atomic E-state index is 12.4. The summed E-state index contributed by atoms with van der Waals surface area (Å²) in [6.07, 6.45) is 1.02. The van der Waals surface area contributed by atoms with E-state index in [1.807, 2.05) is 0 Å². The molecule has 0 fully saturated rings. The Labute approximate surface area is 139 Å². The topological polar surface area (TPSA) is 123 Å². The molecule has 0 heterocycles. The molecular formula is C14H14N2O6S2. The van der Waals surface area contributed by atoms with Crippen LogP contribution in [-0.2, 0) is 19.9 Å². The molecule has 0 aliphatic heterocycles. The normalized spacial score (nSPS) is 11.9. The van der Waals surface area contributed by atoms with Gasteiger partial charge in [-0.05, 0) is 37.3 Å². The molecule has 0 aliphatic rings. The van der Waals surface area contributed by atoms with Gasteiger partial charge >= 0.3 is 0 Å². The highest BCUT2D eigenvalue weighted by molar-refractivity contribution is 7.92. The van der Waals surface area contributed by atoms with Gasteiger partial charge in [-0.25, -0.2) is 16.8 Å². The number of rotatable bonds is 5. The Bertz CT molecular complexity index is 996. The van der Waals surface area contributed by atoms with Crippen LogP contribution in [0.3, 0.4) is 0 Å². The second-order valence-corrected chi connectivity index (χ2v) is 8.75. The van der Waals surface area contributed by atoms with E-state index in [0.29, 0.717) is 0 Å². The lowest BCUT2D eigenvalue weighted by molar-refractivity contribution is -0.385. The Hall–Kier alpha value is -2.46. The van der Waals surface area contributed by atoms with E-state index in [-0.39, 0.29) is 26.7 Å². The molecule has 2 aromatic rings. The molecule has 0 radical (unpaired) electrons. The minimum Gasteiger partial charge on any atom is -0.279 e. The van der Waals surface area contributed by atoms with E-state index >= 15 is 0 Å². The molecular weight excluding hydrogens is 356 g/mol. The number of nitro groups is 1. The van der Waals surface area contributed by atoms with Crippen molar-refractivity contribution in [3.63, 3.8) is 0 Å². The molecule has 0 spiro atoms. The Morgan fingerprint density at radius 1 is 0.958 bits per heavy atom. The first-order valence-electron chi connectivity index (χ1n) is 6.59. The van der Waals surface area contributed by atoms with Crippen LogP contribution in [0.15, 0.2) is 52.3 Å². The quantitative estimate of drug-likeness (QED) is 0.635. The van der Waals surface area contributed by atoms with Crippen LogP contribution in [0.1, 0.15) is 5.56 Å². The van der Waals surface area contributed by atoms with E-state index in [2.05, 4.69) is 4.72 Å². The van der Waals surface area contributed by atoms with Gasteiger partial charge in [-0.15, -0.1) is 0 Å². The molecule has 0 atom stereocenters. The summed E-state index contributed by atoms with van der Waals surface area (Å²) < 4.78 is 49.8. The number of sulfonamides is 1. The lowest BCUT2D eigenvalue weighted by Crippen LogP contribution is -2.14. The van der Waals surface area contributed by atoms with Gasteiger partial charge < -0.3 is 0 Å². The van der Waals surface area contributed by atoms with Crippen molar-refractivity contribution in [3.05, 3.63) is 58.1 Å². The molecule has 0 amide bonds. The second kappa shape index (κ2) is 6.21. The summed E-state index contributed by atoms with van der Waals surface area (Å²) in [5.74, 6) is 0. The van der Waals surface area contributed by atoms with Gasteiger partial charge in [0, 0.05) is 12.3 Å². The molecule has 0 bridgehead atoms. The number of anilines is 1. The minimum atomic E-state index is -4.01. The average molecular weight is 370 g/mol. The van der Waals surface area contributed by atoms with Gasteiger partial charge in [-0.3, -0.25) is 14.8 Å². The first-order valence-corrected chi connectivity index (χ1v) is 9.97. The molecule has 0 unspecified atom stereocenters. The molecule has 2 aromatic carbocycles. The third-order valence-electron chi connectivity index (χ3n) is 3.31. The van der Waals surface area contributed by atoms with Gasteiger partial charge in [0.25, 0.3) is 15.7 Å². The van der Waals surface area contributed by atoms with E-state index in [0.717, 1.165) is 18.4 Å². The van der Waals surface area contributed by atoms with Gasteiger partial charge in [0.15, 0.2) is 9.84 Å². The van der Waals surface area contributed by atoms with Gasteiger partial charge in [0.2, 0.25) is 0 Å². The van der Waals surface area contributed by atoms with Crippen LogP contribution in [-0.4, -0.2) is 28.0 Å². The molecule has 128 valence electrons. The van der Waals surface area contributed by atoms with Crippen LogP contribution in [0.5, 0.6) is 0 Å².